The van der Waals surface area contributed by atoms with Gasteiger partial charge < -0.3 is 14.8 Å². The summed E-state index contributed by atoms with van der Waals surface area (Å²) >= 11 is 6.18. The summed E-state index contributed by atoms with van der Waals surface area (Å²) in [7, 11) is 0. The zero-order valence-corrected chi connectivity index (χ0v) is 13.9. The molecule has 0 bridgehead atoms. The van der Waals surface area contributed by atoms with E-state index in [1.807, 2.05) is 18.2 Å². The molecule has 122 valence electrons. The van der Waals surface area contributed by atoms with Crippen LogP contribution in [-0.4, -0.2) is 49.9 Å². The van der Waals surface area contributed by atoms with Crippen LogP contribution in [0.15, 0.2) is 18.2 Å². The molecule has 1 aromatic carbocycles. The van der Waals surface area contributed by atoms with Crippen LogP contribution in [0, 0.1) is 0 Å². The third-order valence-electron chi connectivity index (χ3n) is 4.32. The molecule has 1 aromatic rings. The highest BCUT2D eigenvalue weighted by molar-refractivity contribution is 6.30. The molecule has 1 N–H and O–H groups in total. The molecule has 3 rings (SSSR count). The van der Waals surface area contributed by atoms with Crippen molar-refractivity contribution in [2.45, 2.75) is 38.5 Å². The van der Waals surface area contributed by atoms with Gasteiger partial charge in [0.1, 0.15) is 12.4 Å². The van der Waals surface area contributed by atoms with Crippen molar-refractivity contribution < 1.29 is 9.47 Å². The van der Waals surface area contributed by atoms with Crippen molar-refractivity contribution in [1.82, 2.24) is 10.2 Å². The van der Waals surface area contributed by atoms with E-state index in [2.05, 4.69) is 17.1 Å². The molecule has 22 heavy (non-hydrogen) atoms. The van der Waals surface area contributed by atoms with Crippen LogP contribution in [-0.2, 0) is 11.3 Å². The van der Waals surface area contributed by atoms with Crippen molar-refractivity contribution >= 4 is 11.6 Å². The summed E-state index contributed by atoms with van der Waals surface area (Å²) in [5, 5.41) is 4.24. The molecule has 0 radical (unpaired) electrons. The topological polar surface area (TPSA) is 33.7 Å². The van der Waals surface area contributed by atoms with Crippen LogP contribution in [0.1, 0.15) is 25.3 Å². The first-order chi connectivity index (χ1) is 10.7. The van der Waals surface area contributed by atoms with Crippen LogP contribution in [0.3, 0.4) is 0 Å². The van der Waals surface area contributed by atoms with Crippen LogP contribution in [0.4, 0.5) is 0 Å². The van der Waals surface area contributed by atoms with Gasteiger partial charge in [0.25, 0.3) is 0 Å². The molecule has 5 heteroatoms. The number of piperazine rings is 1. The normalized spacial score (nSPS) is 26.3. The Labute approximate surface area is 137 Å². The lowest BCUT2D eigenvalue weighted by atomic mass is 10.1. The van der Waals surface area contributed by atoms with Gasteiger partial charge in [0, 0.05) is 49.4 Å². The molecule has 1 unspecified atom stereocenters. The third-order valence-corrected chi connectivity index (χ3v) is 4.55. The number of rotatable bonds is 5. The van der Waals surface area contributed by atoms with Gasteiger partial charge in [-0.2, -0.15) is 0 Å². The van der Waals surface area contributed by atoms with Gasteiger partial charge in [0.15, 0.2) is 0 Å². The average Bonchev–Trinajstić information content (AvgIpc) is 3.00. The summed E-state index contributed by atoms with van der Waals surface area (Å²) < 4.78 is 11.7. The van der Waals surface area contributed by atoms with Gasteiger partial charge in [-0.15, -0.1) is 0 Å². The minimum atomic E-state index is 0.239. The number of hydrogen-bond donors (Lipinski definition) is 1. The molecule has 2 fully saturated rings. The van der Waals surface area contributed by atoms with E-state index in [-0.39, 0.29) is 6.10 Å². The van der Waals surface area contributed by atoms with Crippen molar-refractivity contribution in [3.63, 3.8) is 0 Å². The Balaban J connectivity index is 1.64. The van der Waals surface area contributed by atoms with E-state index in [1.165, 1.54) is 5.56 Å². The molecule has 0 aliphatic carbocycles. The Morgan fingerprint density at radius 1 is 1.45 bits per heavy atom. The quantitative estimate of drug-likeness (QED) is 0.903. The predicted molar refractivity (Wildman–Crippen MR) is 88.7 cm³/mol. The van der Waals surface area contributed by atoms with Gasteiger partial charge in [-0.1, -0.05) is 11.6 Å². The maximum absolute atomic E-state index is 6.18. The highest BCUT2D eigenvalue weighted by atomic mass is 35.5. The van der Waals surface area contributed by atoms with E-state index >= 15 is 0 Å². The molecular formula is C17H25ClN2O2. The van der Waals surface area contributed by atoms with Crippen molar-refractivity contribution in [2.24, 2.45) is 0 Å². The Morgan fingerprint density at radius 2 is 2.36 bits per heavy atom. The van der Waals surface area contributed by atoms with Gasteiger partial charge >= 0.3 is 0 Å². The highest BCUT2D eigenvalue weighted by Gasteiger charge is 2.19. The fourth-order valence-electron chi connectivity index (χ4n) is 3.17. The van der Waals surface area contributed by atoms with Crippen molar-refractivity contribution in [3.05, 3.63) is 28.8 Å². The number of halogens is 1. The summed E-state index contributed by atoms with van der Waals surface area (Å²) in [5.74, 6) is 0.936. The van der Waals surface area contributed by atoms with E-state index in [9.17, 15) is 0 Å². The lowest BCUT2D eigenvalue weighted by Crippen LogP contribution is -2.48. The average molecular weight is 325 g/mol. The van der Waals surface area contributed by atoms with Crippen molar-refractivity contribution in [2.75, 3.05) is 32.8 Å². The van der Waals surface area contributed by atoms with Crippen LogP contribution in [0.25, 0.3) is 0 Å². The van der Waals surface area contributed by atoms with Crippen LogP contribution in [0.5, 0.6) is 5.75 Å². The predicted octanol–water partition coefficient (Wildman–Crippen LogP) is 2.69. The molecule has 2 aliphatic rings. The van der Waals surface area contributed by atoms with Gasteiger partial charge in [-0.25, -0.2) is 0 Å². The van der Waals surface area contributed by atoms with E-state index in [0.29, 0.717) is 12.6 Å². The van der Waals surface area contributed by atoms with Crippen molar-refractivity contribution in [1.29, 1.82) is 0 Å². The SMILES string of the molecule is C[C@H]1CN(Cc2cc(Cl)ccc2OCC2CCCO2)CCN1. The number of ether oxygens (including phenoxy) is 2. The number of nitrogens with zero attached hydrogens (tertiary/aromatic N) is 1. The van der Waals surface area contributed by atoms with Gasteiger partial charge in [-0.05, 0) is 38.0 Å². The third kappa shape index (κ3) is 4.35. The lowest BCUT2D eigenvalue weighted by Gasteiger charge is -2.32. The van der Waals surface area contributed by atoms with Crippen LogP contribution < -0.4 is 10.1 Å². The number of hydrogen-bond acceptors (Lipinski definition) is 4. The van der Waals surface area contributed by atoms with Gasteiger partial charge in [0.2, 0.25) is 0 Å². The van der Waals surface area contributed by atoms with Crippen LogP contribution >= 0.6 is 11.6 Å². The molecule has 2 saturated heterocycles. The molecule has 0 aromatic heterocycles. The maximum Gasteiger partial charge on any atom is 0.124 e. The smallest absolute Gasteiger partial charge is 0.124 e. The molecule has 4 nitrogen and oxygen atoms in total. The molecule has 2 heterocycles. The summed E-state index contributed by atoms with van der Waals surface area (Å²) in [6.07, 6.45) is 2.47. The largest absolute Gasteiger partial charge is 0.491 e. The summed E-state index contributed by atoms with van der Waals surface area (Å²) in [4.78, 5) is 2.45. The summed E-state index contributed by atoms with van der Waals surface area (Å²) in [5.41, 5.74) is 1.17. The first-order valence-corrected chi connectivity index (χ1v) is 8.57. The minimum Gasteiger partial charge on any atom is -0.491 e. The zero-order valence-electron chi connectivity index (χ0n) is 13.2. The Morgan fingerprint density at radius 3 is 3.14 bits per heavy atom. The van der Waals surface area contributed by atoms with E-state index in [4.69, 9.17) is 21.1 Å². The van der Waals surface area contributed by atoms with Crippen molar-refractivity contribution in [3.8, 4) is 5.75 Å². The molecule has 0 amide bonds. The molecule has 2 aliphatic heterocycles. The zero-order chi connectivity index (χ0) is 15.4. The Bertz CT molecular complexity index is 492. The number of benzene rings is 1. The molecule has 0 spiro atoms. The second-order valence-electron chi connectivity index (χ2n) is 6.29. The lowest BCUT2D eigenvalue weighted by molar-refractivity contribution is 0.0672. The second-order valence-corrected chi connectivity index (χ2v) is 6.72. The van der Waals surface area contributed by atoms with Crippen LogP contribution in [0.2, 0.25) is 5.02 Å². The minimum absolute atomic E-state index is 0.239. The summed E-state index contributed by atoms with van der Waals surface area (Å²) in [6.45, 7) is 7.74. The molecule has 2 atom stereocenters. The first kappa shape index (κ1) is 16.1. The van der Waals surface area contributed by atoms with Gasteiger partial charge in [0.05, 0.1) is 6.10 Å². The molecule has 0 saturated carbocycles. The maximum atomic E-state index is 6.18. The first-order valence-electron chi connectivity index (χ1n) is 8.19. The summed E-state index contributed by atoms with van der Waals surface area (Å²) in [6, 6.07) is 6.44. The fraction of sp³-hybridized carbons (Fsp3) is 0.647. The van der Waals surface area contributed by atoms with E-state index in [1.54, 1.807) is 0 Å². The highest BCUT2D eigenvalue weighted by Crippen LogP contribution is 2.26. The van der Waals surface area contributed by atoms with E-state index in [0.717, 1.165) is 56.4 Å². The van der Waals surface area contributed by atoms with E-state index < -0.39 is 0 Å². The molecular weight excluding hydrogens is 300 g/mol. The standard InChI is InChI=1S/C17H25ClN2O2/c1-13-10-20(7-6-19-13)11-14-9-15(18)4-5-17(14)22-12-16-3-2-8-21-16/h4-5,9,13,16,19H,2-3,6-8,10-12H2,1H3/t13-,16?/m0/s1. The Kier molecular flexibility index (Phi) is 5.58. The fourth-order valence-corrected chi connectivity index (χ4v) is 3.36. The monoisotopic (exact) mass is 324 g/mol. The van der Waals surface area contributed by atoms with Gasteiger partial charge in [-0.3, -0.25) is 4.90 Å². The Hall–Kier alpha value is -0.810. The second kappa shape index (κ2) is 7.64. The number of nitrogens with one attached hydrogen (secondary N) is 1.